The topological polar surface area (TPSA) is 9.23 Å². The Kier molecular flexibility index (Phi) is 8.98. The van der Waals surface area contributed by atoms with Crippen LogP contribution in [0.5, 0.6) is 0 Å². The summed E-state index contributed by atoms with van der Waals surface area (Å²) in [6, 6.07) is 0. The Bertz CT molecular complexity index is 252. The predicted molar refractivity (Wildman–Crippen MR) is 88.6 cm³/mol. The number of rotatable bonds is 4. The van der Waals surface area contributed by atoms with E-state index in [1.807, 2.05) is 0 Å². The van der Waals surface area contributed by atoms with Crippen molar-refractivity contribution in [1.82, 2.24) is 0 Å². The van der Waals surface area contributed by atoms with Crippen molar-refractivity contribution in [3.8, 4) is 0 Å². The van der Waals surface area contributed by atoms with Crippen molar-refractivity contribution < 1.29 is 21.1 Å². The first-order valence-electron chi connectivity index (χ1n) is 6.44. The molecule has 2 saturated carbocycles. The van der Waals surface area contributed by atoms with E-state index in [4.69, 9.17) is 22.7 Å². The molecule has 0 aromatic heterocycles. The molecule has 20 heavy (non-hydrogen) atoms. The van der Waals surface area contributed by atoms with E-state index in [-0.39, 0.29) is 0 Å². The zero-order chi connectivity index (χ0) is 15.2. The first kappa shape index (κ1) is 19.7. The van der Waals surface area contributed by atoms with E-state index in [1.54, 1.807) is 0 Å². The third-order valence-corrected chi connectivity index (χ3v) is 10.8. The van der Waals surface area contributed by atoms with Crippen molar-refractivity contribution in [3.05, 3.63) is 62.4 Å². The monoisotopic (exact) mass is 378 g/mol. The molecule has 0 unspecified atom stereocenters. The molecule has 0 spiro atoms. The molecule has 2 fully saturated rings. The van der Waals surface area contributed by atoms with E-state index in [1.165, 1.54) is 11.1 Å². The van der Waals surface area contributed by atoms with Gasteiger partial charge in [0.2, 0.25) is 0 Å². The maximum absolute atomic E-state index is 6.59. The average molecular weight is 379 g/mol. The van der Waals surface area contributed by atoms with Crippen molar-refractivity contribution in [1.29, 1.82) is 0 Å². The summed E-state index contributed by atoms with van der Waals surface area (Å²) in [5.74, 6) is 0. The molecule has 0 N–H and O–H groups in total. The predicted octanol–water partition coefficient (Wildman–Crippen LogP) is 4.68. The van der Waals surface area contributed by atoms with Crippen LogP contribution in [0.4, 0.5) is 0 Å². The molecule has 0 aliphatic heterocycles. The fourth-order valence-electron chi connectivity index (χ4n) is 2.31. The summed E-state index contributed by atoms with van der Waals surface area (Å²) in [4.78, 5) is 0. The van der Waals surface area contributed by atoms with E-state index < -0.39 is 33.7 Å². The minimum absolute atomic E-state index is 0.556. The third-order valence-electron chi connectivity index (χ3n) is 3.23. The Balaban J connectivity index is 0.000000612. The van der Waals surface area contributed by atoms with Crippen LogP contribution in [0, 0.1) is 62.4 Å². The fourth-order valence-corrected chi connectivity index (χ4v) is 10.3. The quantitative estimate of drug-likeness (QED) is 0.645. The van der Waals surface area contributed by atoms with E-state index >= 15 is 0 Å². The van der Waals surface area contributed by atoms with Crippen molar-refractivity contribution in [2.24, 2.45) is 0 Å². The van der Waals surface area contributed by atoms with Crippen LogP contribution in [0.3, 0.4) is 0 Å². The van der Waals surface area contributed by atoms with Gasteiger partial charge in [-0.25, -0.2) is 0 Å². The molecule has 2 aliphatic rings. The van der Waals surface area contributed by atoms with Gasteiger partial charge in [0.1, 0.15) is 0 Å². The number of halogens is 2. The van der Waals surface area contributed by atoms with Crippen LogP contribution in [-0.2, 0) is 21.1 Å². The van der Waals surface area contributed by atoms with Crippen LogP contribution in [0.2, 0.25) is 26.2 Å². The SMILES string of the molecule is C[Si](C)(O[Si](C)(C)[C]1[CH][CH][CH][CH]1)[C]1[CH][CH][CH][CH]1.[Cl][Ti][Cl]. The molecule has 0 amide bonds. The minimum atomic E-state index is -1.76. The van der Waals surface area contributed by atoms with Gasteiger partial charge in [0, 0.05) is 11.1 Å². The molecule has 6 heteroatoms. The second-order valence-corrected chi connectivity index (χ2v) is 16.1. The molecule has 108 valence electrons. The van der Waals surface area contributed by atoms with Crippen LogP contribution in [0.25, 0.3) is 0 Å². The second-order valence-electron chi connectivity index (χ2n) is 5.54. The normalized spacial score (nSPS) is 21.7. The Morgan fingerprint density at radius 3 is 1.25 bits per heavy atom. The van der Waals surface area contributed by atoms with Crippen LogP contribution in [0.1, 0.15) is 0 Å². The van der Waals surface area contributed by atoms with E-state index in [0.717, 1.165) is 0 Å². The standard InChI is InChI=1S/C14H20OSi2.2ClH.Ti/c1-16(2,13-9-5-6-10-13)15-17(3,4)14-11-7-8-12-14;;;/h5-12H,1-4H3;2*1H;/q;;;+2/p-2. The van der Waals surface area contributed by atoms with Gasteiger partial charge in [-0.3, -0.25) is 0 Å². The molecule has 0 bridgehead atoms. The van der Waals surface area contributed by atoms with Crippen LogP contribution in [-0.4, -0.2) is 16.6 Å². The Hall–Kier alpha value is 1.69. The molecule has 10 radical (unpaired) electrons. The maximum atomic E-state index is 6.59. The van der Waals surface area contributed by atoms with E-state index in [9.17, 15) is 0 Å². The Labute approximate surface area is 144 Å². The van der Waals surface area contributed by atoms with Gasteiger partial charge in [-0.15, -0.1) is 0 Å². The fraction of sp³-hybridized carbons (Fsp3) is 0.286. The van der Waals surface area contributed by atoms with E-state index in [0.29, 0.717) is 0 Å². The van der Waals surface area contributed by atoms with Crippen molar-refractivity contribution in [3.63, 3.8) is 0 Å². The van der Waals surface area contributed by atoms with E-state index in [2.05, 4.69) is 77.6 Å². The van der Waals surface area contributed by atoms with Crippen molar-refractivity contribution in [2.45, 2.75) is 26.2 Å². The first-order valence-corrected chi connectivity index (χ1v) is 16.6. The molecule has 0 aromatic rings. The summed E-state index contributed by atoms with van der Waals surface area (Å²) in [6.45, 7) is 9.17. The van der Waals surface area contributed by atoms with Gasteiger partial charge in [-0.1, -0.05) is 0 Å². The number of hydrogen-bond donors (Lipinski definition) is 0. The molecule has 0 saturated heterocycles. The molecular weight excluding hydrogens is 359 g/mol. The molecular formula is C14H20Cl2OSi2Ti. The molecule has 0 aromatic carbocycles. The molecule has 0 heterocycles. The Morgan fingerprint density at radius 2 is 1.00 bits per heavy atom. The zero-order valence-corrected chi connectivity index (χ0v) is 17.4. The molecule has 2 aliphatic carbocycles. The summed E-state index contributed by atoms with van der Waals surface area (Å²) < 4.78 is 6.59. The molecule has 2 rings (SSSR count). The van der Waals surface area contributed by atoms with Gasteiger partial charge in [-0.05, 0) is 77.6 Å². The van der Waals surface area contributed by atoms with Gasteiger partial charge in [0.15, 0.2) is 16.6 Å². The van der Waals surface area contributed by atoms with Crippen LogP contribution in [0.15, 0.2) is 0 Å². The van der Waals surface area contributed by atoms with Gasteiger partial charge in [0.25, 0.3) is 0 Å². The van der Waals surface area contributed by atoms with Gasteiger partial charge in [0.05, 0.1) is 0 Å². The summed E-state index contributed by atoms with van der Waals surface area (Å²) >= 11 is -0.556. The van der Waals surface area contributed by atoms with Gasteiger partial charge >= 0.3 is 35.6 Å². The second kappa shape index (κ2) is 9.10. The number of hydrogen-bond acceptors (Lipinski definition) is 1. The summed E-state index contributed by atoms with van der Waals surface area (Å²) in [7, 11) is 6.26. The summed E-state index contributed by atoms with van der Waals surface area (Å²) in [6.07, 6.45) is 17.2. The first-order chi connectivity index (χ1) is 9.33. The molecule has 0 atom stereocenters. The van der Waals surface area contributed by atoms with Crippen molar-refractivity contribution in [2.75, 3.05) is 0 Å². The summed E-state index contributed by atoms with van der Waals surface area (Å²) in [5, 5.41) is 0. The van der Waals surface area contributed by atoms with Crippen molar-refractivity contribution >= 4 is 35.2 Å². The summed E-state index contributed by atoms with van der Waals surface area (Å²) in [5.41, 5.74) is 2.79. The average Bonchev–Trinajstić information content (AvgIpc) is 3.03. The van der Waals surface area contributed by atoms with Crippen LogP contribution < -0.4 is 0 Å². The third kappa shape index (κ3) is 6.06. The molecule has 1 nitrogen and oxygen atoms in total. The zero-order valence-electron chi connectivity index (χ0n) is 12.3. The van der Waals surface area contributed by atoms with Gasteiger partial charge in [-0.2, -0.15) is 0 Å². The van der Waals surface area contributed by atoms with Crippen LogP contribution >= 0.6 is 18.6 Å². The van der Waals surface area contributed by atoms with Gasteiger partial charge < -0.3 is 4.12 Å². The Morgan fingerprint density at radius 1 is 0.750 bits per heavy atom.